The molecule has 2 fully saturated rings. The second-order valence-electron chi connectivity index (χ2n) is 14.1. The van der Waals surface area contributed by atoms with Gasteiger partial charge < -0.3 is 29.9 Å². The molecule has 4 aliphatic heterocycles. The Kier molecular flexibility index (Phi) is 12.5. The van der Waals surface area contributed by atoms with Crippen molar-refractivity contribution < 1.29 is 35.4 Å². The van der Waals surface area contributed by atoms with Gasteiger partial charge in [0.15, 0.2) is 11.7 Å². The molecule has 0 aromatic heterocycles. The average molecular weight is 885 g/mol. The number of nitrogens with zero attached hydrogens (tertiary/aromatic N) is 6. The van der Waals surface area contributed by atoms with Gasteiger partial charge in [-0.05, 0) is 59.7 Å². The number of para-hydroxylation sites is 2. The van der Waals surface area contributed by atoms with Gasteiger partial charge in [0.2, 0.25) is 0 Å². The van der Waals surface area contributed by atoms with Crippen molar-refractivity contribution in [2.75, 3.05) is 74.1 Å². The zero-order valence-corrected chi connectivity index (χ0v) is 34.7. The van der Waals surface area contributed by atoms with Gasteiger partial charge in [0.25, 0.3) is 20.2 Å². The number of ether oxygens (including phenoxy) is 2. The van der Waals surface area contributed by atoms with Crippen molar-refractivity contribution in [3.8, 4) is 0 Å². The van der Waals surface area contributed by atoms with Crippen LogP contribution in [0.2, 0.25) is 0 Å². The maximum absolute atomic E-state index is 12.7. The number of hydrogen-bond donors (Lipinski definition) is 8. The third-order valence-corrected chi connectivity index (χ3v) is 11.5. The van der Waals surface area contributed by atoms with Gasteiger partial charge in [-0.15, -0.1) is 20.7 Å². The van der Waals surface area contributed by atoms with E-state index in [1.807, 2.05) is 72.8 Å². The first kappa shape index (κ1) is 41.9. The standard InChI is InChI=1S/C40H44N12O8S2/c53-61(54,55)35-25-33(43-51-45-37(41-31-7-3-1-4-8-31)27-39(47-51)49-17-21-59-22-18-49)15-13-29(35)11-12-30-14-16-34(26-36(30)62(56,57)58)44-52-46-38(42-32-9-5-2-6-10-32)28-40(48-52)50-19-23-60-24-20-50/h1-16,25-28,43-44,47-48H,17-24H2,(H,41,45)(H,42,46)(H,53,54,55)(H,56,57,58)/b12-11+. The molecule has 8 N–H and O–H groups in total. The Balaban J connectivity index is 1.02. The normalized spacial score (nSPS) is 17.3. The maximum atomic E-state index is 12.7. The Morgan fingerprint density at radius 3 is 1.31 bits per heavy atom. The van der Waals surface area contributed by atoms with Crippen molar-refractivity contribution in [2.24, 2.45) is 10.2 Å². The van der Waals surface area contributed by atoms with Crippen LogP contribution in [0, 0.1) is 0 Å². The van der Waals surface area contributed by atoms with Crippen LogP contribution in [0.4, 0.5) is 22.7 Å². The summed E-state index contributed by atoms with van der Waals surface area (Å²) in [4.78, 5) is 3.21. The predicted octanol–water partition coefficient (Wildman–Crippen LogP) is 3.84. The molecule has 0 unspecified atom stereocenters. The summed E-state index contributed by atoms with van der Waals surface area (Å²) in [5.41, 5.74) is 14.5. The first-order valence-electron chi connectivity index (χ1n) is 19.4. The molecule has 4 heterocycles. The van der Waals surface area contributed by atoms with Crippen LogP contribution in [0.15, 0.2) is 141 Å². The van der Waals surface area contributed by atoms with Crippen LogP contribution in [0.25, 0.3) is 12.2 Å². The minimum atomic E-state index is -4.81. The number of morpholine rings is 2. The number of amidine groups is 2. The second-order valence-corrected chi connectivity index (χ2v) is 16.8. The predicted molar refractivity (Wildman–Crippen MR) is 235 cm³/mol. The van der Waals surface area contributed by atoms with Gasteiger partial charge in [0.05, 0.1) is 37.8 Å². The zero-order chi connectivity index (χ0) is 43.1. The maximum Gasteiger partial charge on any atom is 0.295 e. The van der Waals surface area contributed by atoms with Crippen LogP contribution < -0.4 is 32.3 Å². The number of benzene rings is 4. The molecule has 0 atom stereocenters. The molecule has 22 heteroatoms. The Labute approximate surface area is 358 Å². The highest BCUT2D eigenvalue weighted by molar-refractivity contribution is 7.86. The van der Waals surface area contributed by atoms with Gasteiger partial charge >= 0.3 is 0 Å². The SMILES string of the molecule is O=S(=O)(O)c1cc(NN2N=C(Nc3ccccc3)C=C(N3CCOCC3)N2)ccc1/C=C/c1ccc(NN2N=C(Nc3ccccc3)C=C(N3CCOCC3)N2)cc1S(=O)(=O)O. The molecule has 4 aromatic rings. The summed E-state index contributed by atoms with van der Waals surface area (Å²) in [6.45, 7) is 4.67. The van der Waals surface area contributed by atoms with Gasteiger partial charge in [-0.2, -0.15) is 16.8 Å². The minimum Gasteiger partial charge on any atom is -0.378 e. The minimum absolute atomic E-state index is 0.0321. The molecule has 0 radical (unpaired) electrons. The van der Waals surface area contributed by atoms with Crippen molar-refractivity contribution in [2.45, 2.75) is 9.79 Å². The summed E-state index contributed by atoms with van der Waals surface area (Å²) in [6, 6.07) is 27.3. The second kappa shape index (κ2) is 18.4. The molecule has 2 saturated heterocycles. The van der Waals surface area contributed by atoms with Crippen molar-refractivity contribution in [1.82, 2.24) is 31.1 Å². The highest BCUT2D eigenvalue weighted by Crippen LogP contribution is 2.27. The Morgan fingerprint density at radius 2 is 0.935 bits per heavy atom. The molecule has 20 nitrogen and oxygen atoms in total. The van der Waals surface area contributed by atoms with Crippen LogP contribution >= 0.6 is 0 Å². The van der Waals surface area contributed by atoms with E-state index in [0.29, 0.717) is 75.9 Å². The number of hydrazone groups is 2. The summed E-state index contributed by atoms with van der Waals surface area (Å²) in [5.74, 6) is 2.38. The van der Waals surface area contributed by atoms with Crippen LogP contribution in [-0.4, -0.2) is 110 Å². The van der Waals surface area contributed by atoms with E-state index in [2.05, 4.69) is 52.3 Å². The Morgan fingerprint density at radius 1 is 0.548 bits per heavy atom. The number of anilines is 4. The van der Waals surface area contributed by atoms with Crippen molar-refractivity contribution in [3.05, 3.63) is 132 Å². The summed E-state index contributed by atoms with van der Waals surface area (Å²) in [5, 5.41) is 18.3. The third-order valence-electron chi connectivity index (χ3n) is 9.69. The molecular formula is C40H44N12O8S2. The monoisotopic (exact) mass is 884 g/mol. The van der Waals surface area contributed by atoms with Gasteiger partial charge in [-0.1, -0.05) is 60.7 Å². The summed E-state index contributed by atoms with van der Waals surface area (Å²) < 4.78 is 82.7. The molecule has 0 spiro atoms. The molecular weight excluding hydrogens is 841 g/mol. The highest BCUT2D eigenvalue weighted by Gasteiger charge is 2.24. The van der Waals surface area contributed by atoms with E-state index < -0.39 is 30.0 Å². The lowest BCUT2D eigenvalue weighted by atomic mass is 10.1. The average Bonchev–Trinajstić information content (AvgIpc) is 3.27. The van der Waals surface area contributed by atoms with Crippen molar-refractivity contribution in [1.29, 1.82) is 0 Å². The lowest BCUT2D eigenvalue weighted by Gasteiger charge is -2.36. The van der Waals surface area contributed by atoms with Gasteiger partial charge in [-0.3, -0.25) is 20.0 Å². The van der Waals surface area contributed by atoms with Crippen LogP contribution in [0.5, 0.6) is 0 Å². The lowest BCUT2D eigenvalue weighted by molar-refractivity contribution is 0.0429. The fraction of sp³-hybridized carbons (Fsp3) is 0.200. The Bertz CT molecular complexity index is 2450. The van der Waals surface area contributed by atoms with Gasteiger partial charge in [0, 0.05) is 49.7 Å². The number of hydrogen-bond acceptors (Lipinski definition) is 18. The number of nitrogens with one attached hydrogen (secondary N) is 6. The van der Waals surface area contributed by atoms with Gasteiger partial charge in [-0.25, -0.2) is 10.9 Å². The van der Waals surface area contributed by atoms with Crippen molar-refractivity contribution in [3.63, 3.8) is 0 Å². The smallest absolute Gasteiger partial charge is 0.295 e. The molecule has 0 saturated carbocycles. The molecule has 4 aromatic carbocycles. The third kappa shape index (κ3) is 10.7. The largest absolute Gasteiger partial charge is 0.378 e. The molecule has 0 bridgehead atoms. The summed E-state index contributed by atoms with van der Waals surface area (Å²) in [7, 11) is -9.63. The molecule has 4 aliphatic rings. The zero-order valence-electron chi connectivity index (χ0n) is 33.0. The van der Waals surface area contributed by atoms with Crippen LogP contribution in [-0.2, 0) is 29.7 Å². The number of rotatable bonds is 12. The van der Waals surface area contributed by atoms with Crippen LogP contribution in [0.3, 0.4) is 0 Å². The molecule has 0 aliphatic carbocycles. The first-order chi connectivity index (χ1) is 29.9. The molecule has 8 rings (SSSR count). The fourth-order valence-electron chi connectivity index (χ4n) is 6.72. The summed E-state index contributed by atoms with van der Waals surface area (Å²) in [6.07, 6.45) is 6.33. The Hall–Kier alpha value is -6.82. The van der Waals surface area contributed by atoms with E-state index in [0.717, 1.165) is 11.4 Å². The molecule has 62 heavy (non-hydrogen) atoms. The molecule has 324 valence electrons. The van der Waals surface area contributed by atoms with E-state index in [-0.39, 0.29) is 22.5 Å². The summed E-state index contributed by atoms with van der Waals surface area (Å²) >= 11 is 0. The highest BCUT2D eigenvalue weighted by atomic mass is 32.2. The van der Waals surface area contributed by atoms with Crippen molar-refractivity contribution >= 4 is 66.8 Å². The fourth-order valence-corrected chi connectivity index (χ4v) is 8.14. The topological polar surface area (TPSA) is 237 Å². The van der Waals surface area contributed by atoms with E-state index in [9.17, 15) is 25.9 Å². The van der Waals surface area contributed by atoms with E-state index in [4.69, 9.17) is 9.47 Å². The first-order valence-corrected chi connectivity index (χ1v) is 22.3. The van der Waals surface area contributed by atoms with Crippen LogP contribution in [0.1, 0.15) is 11.1 Å². The van der Waals surface area contributed by atoms with E-state index in [1.165, 1.54) is 46.9 Å². The van der Waals surface area contributed by atoms with Gasteiger partial charge in [0.1, 0.15) is 21.4 Å². The van der Waals surface area contributed by atoms with E-state index in [1.54, 1.807) is 12.1 Å². The molecule has 0 amide bonds. The number of hydrazine groups is 4. The quantitative estimate of drug-likeness (QED) is 0.0745. The van der Waals surface area contributed by atoms with E-state index >= 15 is 0 Å². The lowest BCUT2D eigenvalue weighted by Crippen LogP contribution is -2.49.